The van der Waals surface area contributed by atoms with Crippen LogP contribution in [0.3, 0.4) is 0 Å². The maximum atomic E-state index is 13.4. The number of alkyl halides is 3. The molecule has 0 spiro atoms. The molecule has 0 aliphatic rings. The predicted octanol–water partition coefficient (Wildman–Crippen LogP) is 4.73. The van der Waals surface area contributed by atoms with E-state index in [4.69, 9.17) is 20.4 Å². The minimum atomic E-state index is -4.45. The number of ether oxygens (including phenoxy) is 1. The third kappa shape index (κ3) is 6.76. The number of aromatic nitrogens is 1. The fraction of sp³-hybridized carbons (Fsp3) is 0.238. The quantitative estimate of drug-likeness (QED) is 0.599. The van der Waals surface area contributed by atoms with E-state index in [9.17, 15) is 13.2 Å². The first-order valence-electron chi connectivity index (χ1n) is 8.75. The lowest BCUT2D eigenvalue weighted by Gasteiger charge is -2.24. The standard InChI is InChI=1S/C19H17F3N2O.C2H4O2/c20-19(21,22)15(16-9-3-4-11-24-16)12-18(23)25-17-10-5-7-13-6-1-2-8-14(13)17;1-2(3)4/h1-11,15,18H,12,23H2;1H3,(H,3,4). The number of fused-ring (bicyclic) bond motifs is 1. The molecular weight excluding hydrogens is 385 g/mol. The summed E-state index contributed by atoms with van der Waals surface area (Å²) < 4.78 is 45.8. The van der Waals surface area contributed by atoms with Crippen molar-refractivity contribution in [1.29, 1.82) is 0 Å². The number of nitrogens with two attached hydrogens (primary N) is 1. The van der Waals surface area contributed by atoms with E-state index in [1.807, 2.05) is 30.3 Å². The molecule has 5 nitrogen and oxygen atoms in total. The maximum Gasteiger partial charge on any atom is 0.397 e. The Bertz CT molecular complexity index is 924. The molecule has 0 aliphatic carbocycles. The first kappa shape index (κ1) is 22.2. The van der Waals surface area contributed by atoms with Crippen molar-refractivity contribution in [1.82, 2.24) is 4.98 Å². The molecule has 0 saturated carbocycles. The Kier molecular flexibility index (Phi) is 7.55. The van der Waals surface area contributed by atoms with Crippen LogP contribution in [0.25, 0.3) is 10.8 Å². The highest BCUT2D eigenvalue weighted by Crippen LogP contribution is 2.37. The van der Waals surface area contributed by atoms with Gasteiger partial charge in [0.2, 0.25) is 0 Å². The summed E-state index contributed by atoms with van der Waals surface area (Å²) in [7, 11) is 0. The number of aliphatic carboxylic acids is 1. The topological polar surface area (TPSA) is 85.4 Å². The third-order valence-electron chi connectivity index (χ3n) is 3.94. The number of carbonyl (C=O) groups is 1. The van der Waals surface area contributed by atoms with Gasteiger partial charge in [-0.1, -0.05) is 42.5 Å². The van der Waals surface area contributed by atoms with E-state index in [2.05, 4.69) is 4.98 Å². The number of nitrogens with zero attached hydrogens (tertiary/aromatic N) is 1. The summed E-state index contributed by atoms with van der Waals surface area (Å²) in [6, 6.07) is 17.3. The van der Waals surface area contributed by atoms with Crippen LogP contribution in [0.2, 0.25) is 0 Å². The SMILES string of the molecule is CC(=O)O.NC(CC(c1ccccn1)C(F)(F)F)Oc1cccc2ccccc12. The van der Waals surface area contributed by atoms with Gasteiger partial charge in [-0.25, -0.2) is 0 Å². The Balaban J connectivity index is 0.000000687. The summed E-state index contributed by atoms with van der Waals surface area (Å²) in [5.41, 5.74) is 5.82. The number of carboxylic acid groups (broad SMARTS) is 1. The van der Waals surface area contributed by atoms with Crippen LogP contribution in [0.1, 0.15) is 25.0 Å². The number of benzene rings is 2. The third-order valence-corrected chi connectivity index (χ3v) is 3.94. The van der Waals surface area contributed by atoms with Crippen molar-refractivity contribution >= 4 is 16.7 Å². The lowest BCUT2D eigenvalue weighted by molar-refractivity contribution is -0.156. The molecule has 29 heavy (non-hydrogen) atoms. The van der Waals surface area contributed by atoms with Crippen LogP contribution in [0.15, 0.2) is 66.9 Å². The molecule has 1 aromatic heterocycles. The van der Waals surface area contributed by atoms with E-state index in [0.717, 1.165) is 17.7 Å². The highest BCUT2D eigenvalue weighted by molar-refractivity contribution is 5.88. The first-order chi connectivity index (χ1) is 13.7. The zero-order valence-corrected chi connectivity index (χ0v) is 15.6. The highest BCUT2D eigenvalue weighted by atomic mass is 19.4. The summed E-state index contributed by atoms with van der Waals surface area (Å²) in [5, 5.41) is 9.16. The van der Waals surface area contributed by atoms with Crippen molar-refractivity contribution < 1.29 is 27.8 Å². The first-order valence-corrected chi connectivity index (χ1v) is 8.75. The van der Waals surface area contributed by atoms with Gasteiger partial charge in [0.1, 0.15) is 17.9 Å². The van der Waals surface area contributed by atoms with Crippen LogP contribution in [-0.2, 0) is 4.79 Å². The van der Waals surface area contributed by atoms with Gasteiger partial charge in [0.15, 0.2) is 0 Å². The molecule has 154 valence electrons. The normalized spacial score (nSPS) is 13.1. The molecule has 3 N–H and O–H groups in total. The minimum Gasteiger partial charge on any atom is -0.481 e. The number of rotatable bonds is 5. The second kappa shape index (κ2) is 9.88. The molecule has 2 aromatic carbocycles. The van der Waals surface area contributed by atoms with Crippen LogP contribution in [-0.4, -0.2) is 28.5 Å². The van der Waals surface area contributed by atoms with Gasteiger partial charge in [-0.05, 0) is 23.6 Å². The number of hydrogen-bond acceptors (Lipinski definition) is 4. The lowest BCUT2D eigenvalue weighted by atomic mass is 9.99. The Labute approximate surface area is 165 Å². The minimum absolute atomic E-state index is 0.0630. The average molecular weight is 406 g/mol. The second-order valence-electron chi connectivity index (χ2n) is 6.24. The highest BCUT2D eigenvalue weighted by Gasteiger charge is 2.42. The van der Waals surface area contributed by atoms with Crippen molar-refractivity contribution in [2.45, 2.75) is 31.7 Å². The molecule has 1 heterocycles. The lowest BCUT2D eigenvalue weighted by Crippen LogP contribution is -2.34. The van der Waals surface area contributed by atoms with Crippen LogP contribution in [0.4, 0.5) is 13.2 Å². The van der Waals surface area contributed by atoms with E-state index < -0.39 is 30.7 Å². The number of halogens is 3. The van der Waals surface area contributed by atoms with Gasteiger partial charge in [-0.3, -0.25) is 15.5 Å². The Morgan fingerprint density at radius 1 is 1.10 bits per heavy atom. The summed E-state index contributed by atoms with van der Waals surface area (Å²) in [6.45, 7) is 1.08. The molecule has 0 radical (unpaired) electrons. The molecule has 2 unspecified atom stereocenters. The van der Waals surface area contributed by atoms with Gasteiger partial charge in [0.25, 0.3) is 5.97 Å². The summed E-state index contributed by atoms with van der Waals surface area (Å²) in [6.07, 6.45) is -4.64. The number of hydrogen-bond donors (Lipinski definition) is 2. The van der Waals surface area contributed by atoms with Gasteiger partial charge in [-0.2, -0.15) is 13.2 Å². The van der Waals surface area contributed by atoms with Crippen LogP contribution in [0.5, 0.6) is 5.75 Å². The van der Waals surface area contributed by atoms with Crippen LogP contribution >= 0.6 is 0 Å². The van der Waals surface area contributed by atoms with Gasteiger partial charge in [0.05, 0.1) is 5.69 Å². The molecule has 0 amide bonds. The fourth-order valence-electron chi connectivity index (χ4n) is 2.75. The summed E-state index contributed by atoms with van der Waals surface area (Å²) in [4.78, 5) is 12.8. The summed E-state index contributed by atoms with van der Waals surface area (Å²) in [5.74, 6) is -2.15. The van der Waals surface area contributed by atoms with Gasteiger partial charge >= 0.3 is 6.18 Å². The number of carboxylic acids is 1. The zero-order valence-electron chi connectivity index (χ0n) is 15.6. The van der Waals surface area contributed by atoms with Gasteiger partial charge in [-0.15, -0.1) is 0 Å². The Morgan fingerprint density at radius 2 is 1.72 bits per heavy atom. The monoisotopic (exact) mass is 406 g/mol. The molecule has 2 atom stereocenters. The van der Waals surface area contributed by atoms with E-state index in [1.165, 1.54) is 18.3 Å². The van der Waals surface area contributed by atoms with E-state index in [-0.39, 0.29) is 5.69 Å². The van der Waals surface area contributed by atoms with Gasteiger partial charge < -0.3 is 9.84 Å². The predicted molar refractivity (Wildman–Crippen MR) is 104 cm³/mol. The Hall–Kier alpha value is -3.13. The number of pyridine rings is 1. The van der Waals surface area contributed by atoms with Crippen molar-refractivity contribution in [2.75, 3.05) is 0 Å². The maximum absolute atomic E-state index is 13.4. The zero-order chi connectivity index (χ0) is 21.4. The molecule has 3 rings (SSSR count). The summed E-state index contributed by atoms with van der Waals surface area (Å²) >= 11 is 0. The molecule has 0 saturated heterocycles. The largest absolute Gasteiger partial charge is 0.481 e. The molecule has 0 fully saturated rings. The molecule has 3 aromatic rings. The van der Waals surface area contributed by atoms with Gasteiger partial charge in [0, 0.05) is 24.9 Å². The molecule has 0 bridgehead atoms. The van der Waals surface area contributed by atoms with Crippen molar-refractivity contribution in [3.63, 3.8) is 0 Å². The van der Waals surface area contributed by atoms with E-state index in [1.54, 1.807) is 18.2 Å². The average Bonchev–Trinajstić information content (AvgIpc) is 2.66. The second-order valence-corrected chi connectivity index (χ2v) is 6.24. The Morgan fingerprint density at radius 3 is 2.34 bits per heavy atom. The van der Waals surface area contributed by atoms with Crippen LogP contribution < -0.4 is 10.5 Å². The van der Waals surface area contributed by atoms with Crippen molar-refractivity contribution in [3.05, 3.63) is 72.6 Å². The fourth-order valence-corrected chi connectivity index (χ4v) is 2.75. The molecular formula is C21H21F3N2O3. The van der Waals surface area contributed by atoms with Crippen molar-refractivity contribution in [2.24, 2.45) is 5.73 Å². The van der Waals surface area contributed by atoms with E-state index >= 15 is 0 Å². The van der Waals surface area contributed by atoms with E-state index in [0.29, 0.717) is 5.75 Å². The van der Waals surface area contributed by atoms with Crippen molar-refractivity contribution in [3.8, 4) is 5.75 Å². The molecule has 0 aliphatic heterocycles. The molecule has 8 heteroatoms. The smallest absolute Gasteiger partial charge is 0.397 e. The van der Waals surface area contributed by atoms with Crippen LogP contribution in [0, 0.1) is 0 Å².